The number of hydrogen-bond donors (Lipinski definition) is 2. The van der Waals surface area contributed by atoms with Crippen LogP contribution in [0.15, 0.2) is 0 Å². The highest BCUT2D eigenvalue weighted by atomic mass is 35.5. The van der Waals surface area contributed by atoms with Crippen LogP contribution in [0.4, 0.5) is 0 Å². The third-order valence-electron chi connectivity index (χ3n) is 1.41. The molecule has 0 fully saturated rings. The number of ether oxygens (including phenoxy) is 1. The van der Waals surface area contributed by atoms with Crippen molar-refractivity contribution in [3.8, 4) is 0 Å². The molecule has 0 aromatic heterocycles. The summed E-state index contributed by atoms with van der Waals surface area (Å²) in [6, 6.07) is 0. The van der Waals surface area contributed by atoms with Crippen LogP contribution in [0, 0.1) is 0 Å². The van der Waals surface area contributed by atoms with Crippen LogP contribution in [0.25, 0.3) is 0 Å². The third kappa shape index (κ3) is 8.02. The van der Waals surface area contributed by atoms with Gasteiger partial charge in [-0.25, -0.2) is 0 Å². The molecule has 0 heterocycles. The second kappa shape index (κ2) is 7.12. The fourth-order valence-corrected chi connectivity index (χ4v) is 0.579. The van der Waals surface area contributed by atoms with Gasteiger partial charge in [-0.05, 0) is 20.8 Å². The van der Waals surface area contributed by atoms with E-state index in [-0.39, 0.29) is 31.5 Å². The van der Waals surface area contributed by atoms with E-state index in [1.165, 1.54) is 0 Å². The normalized spacial score (nSPS) is 10.5. The van der Waals surface area contributed by atoms with E-state index in [0.29, 0.717) is 6.61 Å². The van der Waals surface area contributed by atoms with Gasteiger partial charge < -0.3 is 9.84 Å². The highest BCUT2D eigenvalue weighted by Crippen LogP contribution is 1.98. The lowest BCUT2D eigenvalue weighted by Crippen LogP contribution is -2.45. The molecule has 0 saturated carbocycles. The van der Waals surface area contributed by atoms with E-state index < -0.39 is 5.54 Å². The van der Waals surface area contributed by atoms with Gasteiger partial charge in [-0.1, -0.05) is 0 Å². The number of aliphatic hydroxyl groups excluding tert-OH is 1. The summed E-state index contributed by atoms with van der Waals surface area (Å²) >= 11 is 0. The van der Waals surface area contributed by atoms with E-state index >= 15 is 0 Å². The fourth-order valence-electron chi connectivity index (χ4n) is 0.579. The van der Waals surface area contributed by atoms with Crippen LogP contribution < -0.4 is 5.32 Å². The molecule has 0 aromatic carbocycles. The van der Waals surface area contributed by atoms with Crippen LogP contribution in [0.2, 0.25) is 0 Å². The number of hydrogen-bond acceptors (Lipinski definition) is 4. The minimum Gasteiger partial charge on any atom is -0.465 e. The molecule has 0 aromatic rings. The number of nitrogens with one attached hydrogen (secondary N) is 1. The molecule has 80 valence electrons. The van der Waals surface area contributed by atoms with Crippen molar-refractivity contribution in [3.63, 3.8) is 0 Å². The minimum absolute atomic E-state index is 0. The van der Waals surface area contributed by atoms with Gasteiger partial charge in [-0.15, -0.1) is 12.4 Å². The van der Waals surface area contributed by atoms with E-state index in [4.69, 9.17) is 9.84 Å². The fraction of sp³-hybridized carbons (Fsp3) is 0.875. The summed E-state index contributed by atoms with van der Waals surface area (Å²) in [5.41, 5.74) is -0.424. The van der Waals surface area contributed by atoms with Gasteiger partial charge in [0, 0.05) is 5.54 Å². The van der Waals surface area contributed by atoms with Crippen molar-refractivity contribution < 1.29 is 14.6 Å². The largest absolute Gasteiger partial charge is 0.465 e. The lowest BCUT2D eigenvalue weighted by Gasteiger charge is -2.22. The Labute approximate surface area is 85.1 Å². The highest BCUT2D eigenvalue weighted by molar-refractivity contribution is 5.85. The Hall–Kier alpha value is -0.320. The van der Waals surface area contributed by atoms with Gasteiger partial charge in [0.1, 0.15) is 0 Å². The molecule has 0 aliphatic rings. The lowest BCUT2D eigenvalue weighted by molar-refractivity contribution is -0.142. The molecule has 0 saturated heterocycles. The molecule has 0 atom stereocenters. The average molecular weight is 212 g/mol. The molecule has 2 N–H and O–H groups in total. The lowest BCUT2D eigenvalue weighted by atomic mass is 10.1. The number of carbonyl (C=O) groups excluding carboxylic acids is 1. The smallest absolute Gasteiger partial charge is 0.319 e. The number of carbonyl (C=O) groups is 1. The standard InChI is InChI=1S/C8H17NO3.ClH/c1-4-12-7(11)5-9-8(2,3)6-10;/h9-10H,4-6H2,1-3H3;1H. The van der Waals surface area contributed by atoms with Crippen molar-refractivity contribution in [2.75, 3.05) is 19.8 Å². The molecule has 0 bridgehead atoms. The number of rotatable bonds is 5. The van der Waals surface area contributed by atoms with Gasteiger partial charge in [0.15, 0.2) is 0 Å². The SMILES string of the molecule is CCOC(=O)CNC(C)(C)CO.Cl. The van der Waals surface area contributed by atoms with Crippen LogP contribution >= 0.6 is 12.4 Å². The predicted molar refractivity (Wildman–Crippen MR) is 53.0 cm³/mol. The van der Waals surface area contributed by atoms with Crippen molar-refractivity contribution in [1.29, 1.82) is 0 Å². The Bertz CT molecular complexity index is 150. The molecular weight excluding hydrogens is 194 g/mol. The van der Waals surface area contributed by atoms with Crippen molar-refractivity contribution in [2.24, 2.45) is 0 Å². The zero-order valence-electron chi connectivity index (χ0n) is 8.29. The molecule has 0 unspecified atom stereocenters. The summed E-state index contributed by atoms with van der Waals surface area (Å²) in [6.07, 6.45) is 0. The summed E-state index contributed by atoms with van der Waals surface area (Å²) in [7, 11) is 0. The minimum atomic E-state index is -0.424. The molecule has 4 nitrogen and oxygen atoms in total. The summed E-state index contributed by atoms with van der Waals surface area (Å²) in [6.45, 7) is 5.90. The molecule has 0 amide bonds. The number of aliphatic hydroxyl groups is 1. The molecule has 0 aliphatic carbocycles. The molecule has 0 aliphatic heterocycles. The molecule has 0 radical (unpaired) electrons. The quantitative estimate of drug-likeness (QED) is 0.644. The van der Waals surface area contributed by atoms with Crippen molar-refractivity contribution in [1.82, 2.24) is 5.32 Å². The van der Waals surface area contributed by atoms with Crippen LogP contribution in [-0.2, 0) is 9.53 Å². The van der Waals surface area contributed by atoms with Gasteiger partial charge in [-0.2, -0.15) is 0 Å². The first-order valence-corrected chi connectivity index (χ1v) is 4.03. The van der Waals surface area contributed by atoms with Crippen LogP contribution in [-0.4, -0.2) is 36.4 Å². The molecule has 0 spiro atoms. The van der Waals surface area contributed by atoms with Crippen molar-refractivity contribution >= 4 is 18.4 Å². The van der Waals surface area contributed by atoms with Crippen molar-refractivity contribution in [3.05, 3.63) is 0 Å². The first kappa shape index (κ1) is 15.2. The van der Waals surface area contributed by atoms with E-state index in [2.05, 4.69) is 5.32 Å². The Balaban J connectivity index is 0. The highest BCUT2D eigenvalue weighted by Gasteiger charge is 2.16. The topological polar surface area (TPSA) is 58.6 Å². The Morgan fingerprint density at radius 3 is 2.46 bits per heavy atom. The summed E-state index contributed by atoms with van der Waals surface area (Å²) in [5.74, 6) is -0.293. The van der Waals surface area contributed by atoms with Gasteiger partial charge in [-0.3, -0.25) is 10.1 Å². The van der Waals surface area contributed by atoms with E-state index in [1.54, 1.807) is 6.92 Å². The van der Waals surface area contributed by atoms with Gasteiger partial charge in [0.2, 0.25) is 0 Å². The third-order valence-corrected chi connectivity index (χ3v) is 1.41. The maximum Gasteiger partial charge on any atom is 0.319 e. The maximum absolute atomic E-state index is 10.8. The Kier molecular flexibility index (Phi) is 8.30. The Morgan fingerprint density at radius 2 is 2.08 bits per heavy atom. The van der Waals surface area contributed by atoms with E-state index in [9.17, 15) is 4.79 Å². The molecule has 13 heavy (non-hydrogen) atoms. The second-order valence-corrected chi connectivity index (χ2v) is 3.20. The number of halogens is 1. The second-order valence-electron chi connectivity index (χ2n) is 3.20. The number of esters is 1. The summed E-state index contributed by atoms with van der Waals surface area (Å²) in [4.78, 5) is 10.8. The van der Waals surface area contributed by atoms with Crippen LogP contribution in [0.3, 0.4) is 0 Å². The molecule has 0 rings (SSSR count). The van der Waals surface area contributed by atoms with E-state index in [0.717, 1.165) is 0 Å². The zero-order chi connectivity index (χ0) is 9.61. The summed E-state index contributed by atoms with van der Waals surface area (Å²) < 4.78 is 4.70. The van der Waals surface area contributed by atoms with Gasteiger partial charge in [0.05, 0.1) is 19.8 Å². The van der Waals surface area contributed by atoms with E-state index in [1.807, 2.05) is 13.8 Å². The average Bonchev–Trinajstić information content (AvgIpc) is 2.02. The van der Waals surface area contributed by atoms with Crippen LogP contribution in [0.5, 0.6) is 0 Å². The predicted octanol–water partition coefficient (Wildman–Crippen LogP) is 0.332. The first-order chi connectivity index (χ1) is 5.52. The van der Waals surface area contributed by atoms with Crippen molar-refractivity contribution in [2.45, 2.75) is 26.3 Å². The van der Waals surface area contributed by atoms with Gasteiger partial charge >= 0.3 is 5.97 Å². The summed E-state index contributed by atoms with van der Waals surface area (Å²) in [5, 5.41) is 11.7. The maximum atomic E-state index is 10.8. The molecule has 5 heteroatoms. The zero-order valence-corrected chi connectivity index (χ0v) is 9.11. The monoisotopic (exact) mass is 211 g/mol. The molecular formula is C8H18ClNO3. The van der Waals surface area contributed by atoms with Gasteiger partial charge in [0.25, 0.3) is 0 Å². The Morgan fingerprint density at radius 1 is 1.54 bits per heavy atom. The van der Waals surface area contributed by atoms with Crippen LogP contribution in [0.1, 0.15) is 20.8 Å². The first-order valence-electron chi connectivity index (χ1n) is 4.03.